The van der Waals surface area contributed by atoms with Gasteiger partial charge in [0, 0.05) is 11.0 Å². The van der Waals surface area contributed by atoms with Crippen LogP contribution in [0.1, 0.15) is 67.7 Å². The number of thiophene rings is 1. The molecule has 0 fully saturated rings. The van der Waals surface area contributed by atoms with E-state index in [1.54, 1.807) is 17.4 Å². The Labute approximate surface area is 172 Å². The normalized spacial score (nSPS) is 16.6. The molecule has 1 aliphatic rings. The van der Waals surface area contributed by atoms with E-state index in [1.165, 1.54) is 10.4 Å². The molecule has 0 bridgehead atoms. The highest BCUT2D eigenvalue weighted by molar-refractivity contribution is 7.16. The number of anilines is 1. The molecule has 1 atom stereocenters. The number of hydrogen-bond acceptors (Lipinski definition) is 3. The summed E-state index contributed by atoms with van der Waals surface area (Å²) >= 11 is 1.57. The summed E-state index contributed by atoms with van der Waals surface area (Å²) in [7, 11) is 0. The van der Waals surface area contributed by atoms with E-state index in [0.717, 1.165) is 36.8 Å². The van der Waals surface area contributed by atoms with E-state index in [2.05, 4.69) is 51.2 Å². The Balaban J connectivity index is 1.71. The lowest BCUT2D eigenvalue weighted by Crippen LogP contribution is -2.12. The number of carbonyl (C=O) groups excluding carboxylic acids is 1. The summed E-state index contributed by atoms with van der Waals surface area (Å²) in [6.45, 7) is 8.76. The summed E-state index contributed by atoms with van der Waals surface area (Å²) in [5, 5.41) is 13.2. The average molecular weight is 393 g/mol. The van der Waals surface area contributed by atoms with Crippen LogP contribution in [0.2, 0.25) is 0 Å². The van der Waals surface area contributed by atoms with Crippen molar-refractivity contribution in [2.24, 2.45) is 5.92 Å². The van der Waals surface area contributed by atoms with Gasteiger partial charge in [-0.05, 0) is 53.4 Å². The van der Waals surface area contributed by atoms with Gasteiger partial charge in [-0.15, -0.1) is 11.3 Å². The molecule has 0 spiro atoms. The van der Waals surface area contributed by atoms with Crippen molar-refractivity contribution in [2.45, 2.75) is 58.8 Å². The Morgan fingerprint density at radius 3 is 2.64 bits per heavy atom. The third-order valence-corrected chi connectivity index (χ3v) is 6.67. The lowest BCUT2D eigenvalue weighted by atomic mass is 9.86. The smallest absolute Gasteiger partial charge is 0.249 e. The molecule has 2 aromatic rings. The van der Waals surface area contributed by atoms with Gasteiger partial charge in [-0.2, -0.15) is 5.26 Å². The molecule has 4 heteroatoms. The summed E-state index contributed by atoms with van der Waals surface area (Å²) in [5.41, 5.74) is 4.17. The lowest BCUT2D eigenvalue weighted by Gasteiger charge is -2.20. The van der Waals surface area contributed by atoms with Gasteiger partial charge >= 0.3 is 0 Å². The minimum atomic E-state index is -0.193. The van der Waals surface area contributed by atoms with Gasteiger partial charge < -0.3 is 5.32 Å². The first kappa shape index (κ1) is 20.4. The van der Waals surface area contributed by atoms with Gasteiger partial charge in [-0.1, -0.05) is 58.4 Å². The predicted molar refractivity (Wildman–Crippen MR) is 118 cm³/mol. The van der Waals surface area contributed by atoms with E-state index in [9.17, 15) is 10.1 Å². The van der Waals surface area contributed by atoms with E-state index in [-0.39, 0.29) is 11.3 Å². The third-order valence-electron chi connectivity index (χ3n) is 5.50. The zero-order chi connectivity index (χ0) is 20.3. The Hall–Kier alpha value is -2.38. The molecule has 1 amide bonds. The van der Waals surface area contributed by atoms with Gasteiger partial charge in [0.2, 0.25) is 5.91 Å². The van der Waals surface area contributed by atoms with Crippen molar-refractivity contribution in [3.63, 3.8) is 0 Å². The second-order valence-corrected chi connectivity index (χ2v) is 9.64. The van der Waals surface area contributed by atoms with Crippen LogP contribution >= 0.6 is 11.3 Å². The van der Waals surface area contributed by atoms with Crippen LogP contribution in [0.4, 0.5) is 5.00 Å². The predicted octanol–water partition coefficient (Wildman–Crippen LogP) is 6.08. The van der Waals surface area contributed by atoms with Gasteiger partial charge in [0.15, 0.2) is 0 Å². The topological polar surface area (TPSA) is 52.9 Å². The number of carbonyl (C=O) groups is 1. The van der Waals surface area contributed by atoms with Crippen LogP contribution < -0.4 is 5.32 Å². The minimum absolute atomic E-state index is 0.113. The van der Waals surface area contributed by atoms with Gasteiger partial charge in [0.25, 0.3) is 0 Å². The molecular weight excluding hydrogens is 364 g/mol. The molecule has 1 N–H and O–H groups in total. The molecule has 0 radical (unpaired) electrons. The summed E-state index contributed by atoms with van der Waals surface area (Å²) in [6, 6.07) is 10.6. The maximum Gasteiger partial charge on any atom is 0.249 e. The lowest BCUT2D eigenvalue weighted by molar-refractivity contribution is -0.111. The van der Waals surface area contributed by atoms with Crippen LogP contribution in [-0.4, -0.2) is 5.91 Å². The highest BCUT2D eigenvalue weighted by Gasteiger charge is 2.25. The summed E-state index contributed by atoms with van der Waals surface area (Å²) in [5.74, 6) is 0.499. The molecule has 1 unspecified atom stereocenters. The van der Waals surface area contributed by atoms with Crippen molar-refractivity contribution in [3.8, 4) is 6.07 Å². The summed E-state index contributed by atoms with van der Waals surface area (Å²) in [4.78, 5) is 13.7. The fourth-order valence-electron chi connectivity index (χ4n) is 3.63. The van der Waals surface area contributed by atoms with Crippen LogP contribution in [0.25, 0.3) is 6.08 Å². The Kier molecular flexibility index (Phi) is 6.05. The summed E-state index contributed by atoms with van der Waals surface area (Å²) < 4.78 is 0. The number of benzene rings is 1. The fraction of sp³-hybridized carbons (Fsp3) is 0.417. The van der Waals surface area contributed by atoms with Crippen molar-refractivity contribution < 1.29 is 4.79 Å². The second-order valence-electron chi connectivity index (χ2n) is 8.53. The number of rotatable bonds is 4. The molecule has 3 nitrogen and oxygen atoms in total. The van der Waals surface area contributed by atoms with Gasteiger partial charge in [-0.25, -0.2) is 0 Å². The maximum absolute atomic E-state index is 12.4. The molecule has 1 aromatic heterocycles. The van der Waals surface area contributed by atoms with Crippen molar-refractivity contribution in [3.05, 3.63) is 57.5 Å². The first-order valence-corrected chi connectivity index (χ1v) is 10.8. The van der Waals surface area contributed by atoms with Crippen LogP contribution in [0.15, 0.2) is 30.3 Å². The van der Waals surface area contributed by atoms with Crippen LogP contribution in [0.3, 0.4) is 0 Å². The first-order chi connectivity index (χ1) is 13.3. The Bertz CT molecular complexity index is 923. The number of nitrogens with one attached hydrogen (secondary N) is 1. The highest BCUT2D eigenvalue weighted by Crippen LogP contribution is 2.40. The monoisotopic (exact) mass is 392 g/mol. The molecule has 28 heavy (non-hydrogen) atoms. The van der Waals surface area contributed by atoms with E-state index in [4.69, 9.17) is 0 Å². The first-order valence-electron chi connectivity index (χ1n) is 9.96. The molecular formula is C24H28N2OS. The molecule has 0 aliphatic heterocycles. The van der Waals surface area contributed by atoms with Gasteiger partial charge in [0.1, 0.15) is 11.1 Å². The number of nitriles is 1. The zero-order valence-electron chi connectivity index (χ0n) is 17.1. The van der Waals surface area contributed by atoms with E-state index >= 15 is 0 Å². The van der Waals surface area contributed by atoms with Crippen LogP contribution in [0.5, 0.6) is 0 Å². The average Bonchev–Trinajstić information content (AvgIpc) is 3.01. The molecule has 3 rings (SSSR count). The standard InChI is InChI=1S/C24H28N2OS/c1-5-16-8-12-19-20(15-25)23(28-21(19)14-16)26-22(27)13-9-17-6-10-18(11-7-17)24(2,3)4/h6-7,9-11,13,16H,5,8,12,14H2,1-4H3,(H,26,27)/b13-9+. The van der Waals surface area contributed by atoms with Crippen LogP contribution in [-0.2, 0) is 23.1 Å². The van der Waals surface area contributed by atoms with Crippen LogP contribution in [0, 0.1) is 17.2 Å². The van der Waals surface area contributed by atoms with Crippen molar-refractivity contribution in [1.82, 2.24) is 0 Å². The van der Waals surface area contributed by atoms with Crippen molar-refractivity contribution >= 4 is 28.3 Å². The van der Waals surface area contributed by atoms with Gasteiger partial charge in [0.05, 0.1) is 5.56 Å². The Morgan fingerprint density at radius 2 is 2.04 bits per heavy atom. The largest absolute Gasteiger partial charge is 0.313 e. The molecule has 146 valence electrons. The van der Waals surface area contributed by atoms with E-state index < -0.39 is 0 Å². The third kappa shape index (κ3) is 4.54. The zero-order valence-corrected chi connectivity index (χ0v) is 18.0. The van der Waals surface area contributed by atoms with E-state index in [1.807, 2.05) is 18.2 Å². The van der Waals surface area contributed by atoms with Crippen molar-refractivity contribution in [2.75, 3.05) is 5.32 Å². The number of fused-ring (bicyclic) bond motifs is 1. The Morgan fingerprint density at radius 1 is 1.32 bits per heavy atom. The molecule has 1 heterocycles. The molecule has 0 saturated carbocycles. The van der Waals surface area contributed by atoms with E-state index in [0.29, 0.717) is 16.5 Å². The quantitative estimate of drug-likeness (QED) is 0.641. The molecule has 1 aromatic carbocycles. The number of amides is 1. The number of hydrogen-bond donors (Lipinski definition) is 1. The SMILES string of the molecule is CCC1CCc2c(sc(NC(=O)/C=C/c3ccc(C(C)(C)C)cc3)c2C#N)C1. The second kappa shape index (κ2) is 8.32. The summed E-state index contributed by atoms with van der Waals surface area (Å²) in [6.07, 6.45) is 7.62. The maximum atomic E-state index is 12.4. The minimum Gasteiger partial charge on any atom is -0.313 e. The molecule has 0 saturated heterocycles. The molecule has 1 aliphatic carbocycles. The highest BCUT2D eigenvalue weighted by atomic mass is 32.1. The fourth-order valence-corrected chi connectivity index (χ4v) is 4.94. The van der Waals surface area contributed by atoms with Gasteiger partial charge in [-0.3, -0.25) is 4.79 Å². The number of nitrogens with zero attached hydrogens (tertiary/aromatic N) is 1. The van der Waals surface area contributed by atoms with Crippen molar-refractivity contribution in [1.29, 1.82) is 5.26 Å².